The molecule has 9 heteroatoms. The van der Waals surface area contributed by atoms with Crippen LogP contribution in [0.2, 0.25) is 10.0 Å². The molecule has 2 aromatic carbocycles. The molecule has 2 aliphatic carbocycles. The number of hydrogen-bond donors (Lipinski definition) is 2. The number of rotatable bonds is 8. The van der Waals surface area contributed by atoms with Gasteiger partial charge in [-0.15, -0.1) is 6.58 Å². The molecule has 2 aliphatic heterocycles. The van der Waals surface area contributed by atoms with Crippen LogP contribution in [0.3, 0.4) is 0 Å². The predicted molar refractivity (Wildman–Crippen MR) is 154 cm³/mol. The SMILES string of the molecule is C=CCN1CC[C@]23c4c5cc(C(=O)COC)c(O)c4OC2C(NC(=O)C(C)c2ccc(Cl)c(Cl)c2)CC[C@H]3[C@H]1C5. The number of nitrogens with one attached hydrogen (secondary N) is 1. The molecule has 0 aromatic heterocycles. The number of Topliss-reactive ketones (excluding diaryl/α,β-unsaturated/α-hetero) is 1. The first-order valence-corrected chi connectivity index (χ1v) is 14.6. The van der Waals surface area contributed by atoms with Crippen molar-refractivity contribution < 1.29 is 24.2 Å². The summed E-state index contributed by atoms with van der Waals surface area (Å²) in [6.07, 6.45) is 4.90. The molecular formula is C31H34Cl2N2O5. The maximum atomic E-state index is 13.6. The van der Waals surface area contributed by atoms with Crippen molar-refractivity contribution in [3.05, 3.63) is 69.2 Å². The van der Waals surface area contributed by atoms with E-state index in [1.807, 2.05) is 25.1 Å². The molecule has 2 N–H and O–H groups in total. The maximum absolute atomic E-state index is 13.6. The fraction of sp³-hybridized carbons (Fsp3) is 0.484. The molecule has 1 saturated carbocycles. The Hall–Kier alpha value is -2.58. The van der Waals surface area contributed by atoms with E-state index in [4.69, 9.17) is 32.7 Å². The molecular weight excluding hydrogens is 551 g/mol. The molecule has 1 spiro atoms. The van der Waals surface area contributed by atoms with Crippen molar-refractivity contribution in [2.24, 2.45) is 5.92 Å². The second kappa shape index (κ2) is 10.4. The highest BCUT2D eigenvalue weighted by Crippen LogP contribution is 2.64. The smallest absolute Gasteiger partial charge is 0.227 e. The number of halogens is 2. The first-order valence-electron chi connectivity index (χ1n) is 13.9. The molecule has 3 unspecified atom stereocenters. The van der Waals surface area contributed by atoms with E-state index in [0.717, 1.165) is 55.5 Å². The van der Waals surface area contributed by atoms with Crippen molar-refractivity contribution >= 4 is 34.9 Å². The van der Waals surface area contributed by atoms with Gasteiger partial charge in [0.25, 0.3) is 0 Å². The van der Waals surface area contributed by atoms with Gasteiger partial charge < -0.3 is 19.9 Å². The lowest BCUT2D eigenvalue weighted by atomic mass is 9.51. The van der Waals surface area contributed by atoms with E-state index in [-0.39, 0.29) is 53.2 Å². The summed E-state index contributed by atoms with van der Waals surface area (Å²) in [6, 6.07) is 7.11. The molecule has 7 nitrogen and oxygen atoms in total. The molecule has 40 heavy (non-hydrogen) atoms. The van der Waals surface area contributed by atoms with Crippen LogP contribution in [0.15, 0.2) is 36.9 Å². The molecule has 212 valence electrons. The average Bonchev–Trinajstić information content (AvgIpc) is 3.29. The van der Waals surface area contributed by atoms with Gasteiger partial charge in [-0.3, -0.25) is 14.5 Å². The van der Waals surface area contributed by atoms with Crippen LogP contribution in [0.5, 0.6) is 11.5 Å². The number of hydrogen-bond acceptors (Lipinski definition) is 6. The van der Waals surface area contributed by atoms with Crippen molar-refractivity contribution in [3.8, 4) is 11.5 Å². The predicted octanol–water partition coefficient (Wildman–Crippen LogP) is 5.04. The van der Waals surface area contributed by atoms with Crippen LogP contribution in [0.1, 0.15) is 59.2 Å². The molecule has 2 heterocycles. The minimum atomic E-state index is -0.440. The Balaban J connectivity index is 1.38. The number of amides is 1. The van der Waals surface area contributed by atoms with E-state index in [2.05, 4.69) is 16.8 Å². The van der Waals surface area contributed by atoms with Crippen molar-refractivity contribution in [2.45, 2.75) is 62.1 Å². The number of ether oxygens (including phenoxy) is 2. The van der Waals surface area contributed by atoms with Gasteiger partial charge in [0.05, 0.1) is 27.6 Å². The highest BCUT2D eigenvalue weighted by Gasteiger charge is 2.66. The lowest BCUT2D eigenvalue weighted by Crippen LogP contribution is -2.69. The second-order valence-electron chi connectivity index (χ2n) is 11.6. The third kappa shape index (κ3) is 4.08. The molecule has 1 amide bonds. The van der Waals surface area contributed by atoms with Crippen LogP contribution >= 0.6 is 23.2 Å². The summed E-state index contributed by atoms with van der Waals surface area (Å²) >= 11 is 12.3. The normalized spacial score (nSPS) is 28.8. The van der Waals surface area contributed by atoms with E-state index in [1.165, 1.54) is 7.11 Å². The lowest BCUT2D eigenvalue weighted by molar-refractivity contribution is -0.126. The molecule has 4 aliphatic rings. The number of nitrogens with zero attached hydrogens (tertiary/aromatic N) is 1. The quantitative estimate of drug-likeness (QED) is 0.334. The van der Waals surface area contributed by atoms with E-state index in [9.17, 15) is 14.7 Å². The van der Waals surface area contributed by atoms with E-state index in [1.54, 1.807) is 12.1 Å². The van der Waals surface area contributed by atoms with E-state index < -0.39 is 5.92 Å². The summed E-state index contributed by atoms with van der Waals surface area (Å²) in [4.78, 5) is 28.9. The maximum Gasteiger partial charge on any atom is 0.227 e. The van der Waals surface area contributed by atoms with Gasteiger partial charge in [0.15, 0.2) is 17.3 Å². The molecule has 2 bridgehead atoms. The Kier molecular flexibility index (Phi) is 7.14. The number of piperidine rings is 1. The summed E-state index contributed by atoms with van der Waals surface area (Å²) in [5.74, 6) is -0.254. The van der Waals surface area contributed by atoms with Crippen LogP contribution in [0.25, 0.3) is 0 Å². The lowest BCUT2D eigenvalue weighted by Gasteiger charge is -2.59. The molecule has 1 saturated heterocycles. The van der Waals surface area contributed by atoms with Gasteiger partial charge in [-0.1, -0.05) is 35.3 Å². The summed E-state index contributed by atoms with van der Waals surface area (Å²) in [7, 11) is 1.46. The number of ketones is 1. The Bertz CT molecular complexity index is 1400. The number of carbonyl (C=O) groups excluding carboxylic acids is 2. The largest absolute Gasteiger partial charge is 0.504 e. The summed E-state index contributed by atoms with van der Waals surface area (Å²) in [5.41, 5.74) is 2.73. The number of carbonyl (C=O) groups is 2. The van der Waals surface area contributed by atoms with Gasteiger partial charge in [0.1, 0.15) is 12.7 Å². The van der Waals surface area contributed by atoms with Crippen LogP contribution in [0.4, 0.5) is 0 Å². The van der Waals surface area contributed by atoms with Gasteiger partial charge in [-0.25, -0.2) is 0 Å². The Labute approximate surface area is 244 Å². The minimum absolute atomic E-state index is 0.116. The topological polar surface area (TPSA) is 88.1 Å². The molecule has 0 radical (unpaired) electrons. The highest BCUT2D eigenvalue weighted by atomic mass is 35.5. The first kappa shape index (κ1) is 27.6. The van der Waals surface area contributed by atoms with Crippen molar-refractivity contribution in [1.82, 2.24) is 10.2 Å². The van der Waals surface area contributed by atoms with Gasteiger partial charge >= 0.3 is 0 Å². The third-order valence-corrected chi connectivity index (χ3v) is 10.4. The second-order valence-corrected chi connectivity index (χ2v) is 12.4. The number of aromatic hydroxyl groups is 1. The van der Waals surface area contributed by atoms with Crippen LogP contribution in [-0.2, 0) is 21.4 Å². The monoisotopic (exact) mass is 584 g/mol. The highest BCUT2D eigenvalue weighted by molar-refractivity contribution is 6.42. The fourth-order valence-electron chi connectivity index (χ4n) is 7.90. The number of benzene rings is 2. The number of likely N-dealkylation sites (tertiary alicyclic amines) is 1. The van der Waals surface area contributed by atoms with Gasteiger partial charge in [-0.2, -0.15) is 0 Å². The van der Waals surface area contributed by atoms with Gasteiger partial charge in [-0.05, 0) is 74.4 Å². The zero-order valence-corrected chi connectivity index (χ0v) is 24.2. The number of methoxy groups -OCH3 is 1. The van der Waals surface area contributed by atoms with Crippen LogP contribution in [0, 0.1) is 5.92 Å². The van der Waals surface area contributed by atoms with E-state index >= 15 is 0 Å². The summed E-state index contributed by atoms with van der Waals surface area (Å²) in [6.45, 7) is 7.37. The third-order valence-electron chi connectivity index (χ3n) is 9.65. The number of phenolic OH excluding ortho intramolecular Hbond substituents is 1. The van der Waals surface area contributed by atoms with Gasteiger partial charge in [0, 0.05) is 30.7 Å². The zero-order chi connectivity index (χ0) is 28.3. The first-order chi connectivity index (χ1) is 19.2. The molecule has 2 fully saturated rings. The standard InChI is InChI=1S/C31H34Cl2N2O5/c1-4-10-35-11-9-31-20-6-8-23(34-30(38)16(2)17-5-7-21(32)22(33)13-17)29(31)40-28-26(31)18(14-24(20)35)12-19(27(28)37)25(36)15-39-3/h4-5,7,12-13,16,20,23-24,29,37H,1,6,8-11,14-15H2,2-3H3,(H,34,38)/t16?,20-,23?,24+,29?,31-/m0/s1. The molecule has 6 atom stereocenters. The molecule has 6 rings (SSSR count). The average molecular weight is 586 g/mol. The van der Waals surface area contributed by atoms with E-state index in [0.29, 0.717) is 21.7 Å². The van der Waals surface area contributed by atoms with Crippen LogP contribution in [-0.4, -0.2) is 66.7 Å². The van der Waals surface area contributed by atoms with Crippen molar-refractivity contribution in [1.29, 1.82) is 0 Å². The zero-order valence-electron chi connectivity index (χ0n) is 22.7. The van der Waals surface area contributed by atoms with Gasteiger partial charge in [0.2, 0.25) is 5.91 Å². The Morgan fingerprint density at radius 1 is 1.30 bits per heavy atom. The summed E-state index contributed by atoms with van der Waals surface area (Å²) < 4.78 is 11.8. The van der Waals surface area contributed by atoms with Crippen molar-refractivity contribution in [3.63, 3.8) is 0 Å². The van der Waals surface area contributed by atoms with Crippen molar-refractivity contribution in [2.75, 3.05) is 26.8 Å². The Morgan fingerprint density at radius 2 is 2.10 bits per heavy atom. The Morgan fingerprint density at radius 3 is 2.83 bits per heavy atom. The minimum Gasteiger partial charge on any atom is -0.504 e. The number of phenols is 1. The summed E-state index contributed by atoms with van der Waals surface area (Å²) in [5, 5.41) is 15.5. The van der Waals surface area contributed by atoms with Crippen LogP contribution < -0.4 is 10.1 Å². The molecule has 2 aromatic rings. The fourth-order valence-corrected chi connectivity index (χ4v) is 8.21.